The second-order valence-corrected chi connectivity index (χ2v) is 4.94. The highest BCUT2D eigenvalue weighted by molar-refractivity contribution is 5.48. The molecule has 2 aromatic rings. The predicted molar refractivity (Wildman–Crippen MR) is 77.7 cm³/mol. The summed E-state index contributed by atoms with van der Waals surface area (Å²) < 4.78 is 5.24. The van der Waals surface area contributed by atoms with Crippen molar-refractivity contribution in [1.82, 2.24) is 9.97 Å². The van der Waals surface area contributed by atoms with Crippen LogP contribution in [0.4, 0.5) is 5.82 Å². The number of anilines is 1. The number of fused-ring (bicyclic) bond motifs is 1. The third kappa shape index (κ3) is 2.44. The van der Waals surface area contributed by atoms with E-state index in [9.17, 15) is 0 Å². The Morgan fingerprint density at radius 3 is 3.00 bits per heavy atom. The Morgan fingerprint density at radius 2 is 2.20 bits per heavy atom. The van der Waals surface area contributed by atoms with E-state index >= 15 is 0 Å². The first-order valence-electron chi connectivity index (χ1n) is 6.78. The van der Waals surface area contributed by atoms with Gasteiger partial charge < -0.3 is 10.2 Å². The molecule has 0 radical (unpaired) electrons. The normalized spacial score (nSPS) is 13.1. The van der Waals surface area contributed by atoms with Crippen LogP contribution in [-0.4, -0.2) is 17.1 Å². The number of hydrogen-bond donors (Lipinski definition) is 2. The van der Waals surface area contributed by atoms with Crippen molar-refractivity contribution in [1.29, 1.82) is 0 Å². The molecule has 1 aliphatic carbocycles. The highest BCUT2D eigenvalue weighted by atomic mass is 16.5. The van der Waals surface area contributed by atoms with E-state index in [0.717, 1.165) is 47.9 Å². The number of ether oxygens (including phenoxy) is 1. The van der Waals surface area contributed by atoms with Gasteiger partial charge in [0.2, 0.25) is 0 Å². The zero-order valence-corrected chi connectivity index (χ0v) is 11.5. The number of methoxy groups -OCH3 is 1. The summed E-state index contributed by atoms with van der Waals surface area (Å²) in [4.78, 5) is 9.19. The monoisotopic (exact) mass is 270 g/mol. The van der Waals surface area contributed by atoms with Crippen molar-refractivity contribution in [3.05, 3.63) is 46.9 Å². The van der Waals surface area contributed by atoms with E-state index in [2.05, 4.69) is 21.5 Å². The molecule has 104 valence electrons. The minimum atomic E-state index is 0.680. The Hall–Kier alpha value is -2.14. The third-order valence-electron chi connectivity index (χ3n) is 3.61. The molecule has 0 amide bonds. The molecule has 0 fully saturated rings. The van der Waals surface area contributed by atoms with E-state index in [0.29, 0.717) is 6.42 Å². The molecule has 5 heteroatoms. The minimum absolute atomic E-state index is 0.680. The van der Waals surface area contributed by atoms with Crippen molar-refractivity contribution >= 4 is 5.82 Å². The van der Waals surface area contributed by atoms with Gasteiger partial charge in [-0.3, -0.25) is 0 Å². The maximum atomic E-state index is 5.57. The van der Waals surface area contributed by atoms with Gasteiger partial charge in [-0.05, 0) is 37.0 Å². The summed E-state index contributed by atoms with van der Waals surface area (Å²) in [5.41, 5.74) is 6.13. The van der Waals surface area contributed by atoms with Crippen molar-refractivity contribution in [3.63, 3.8) is 0 Å². The quantitative estimate of drug-likeness (QED) is 0.655. The Bertz CT molecular complexity index is 627. The molecule has 0 atom stereocenters. The fraction of sp³-hybridized carbons (Fsp3) is 0.333. The Morgan fingerprint density at radius 1 is 1.30 bits per heavy atom. The first kappa shape index (κ1) is 12.9. The predicted octanol–water partition coefficient (Wildman–Crippen LogP) is 1.85. The van der Waals surface area contributed by atoms with Crippen molar-refractivity contribution in [2.45, 2.75) is 25.7 Å². The Balaban J connectivity index is 1.90. The molecule has 0 bridgehead atoms. The van der Waals surface area contributed by atoms with Crippen LogP contribution in [0.3, 0.4) is 0 Å². The number of aryl methyl sites for hydroxylation is 1. The first-order valence-corrected chi connectivity index (χ1v) is 6.78. The van der Waals surface area contributed by atoms with Crippen LogP contribution in [-0.2, 0) is 19.3 Å². The second-order valence-electron chi connectivity index (χ2n) is 4.94. The van der Waals surface area contributed by atoms with Gasteiger partial charge in [-0.1, -0.05) is 12.1 Å². The standard InChI is InChI=1S/C15H18N4O/c1-20-11-5-2-4-10(8-11)9-14-17-13-7-3-6-12(13)15(18-14)19-16/h2,4-5,8H,3,6-7,9,16H2,1H3,(H,17,18,19). The summed E-state index contributed by atoms with van der Waals surface area (Å²) in [5.74, 6) is 7.99. The zero-order chi connectivity index (χ0) is 13.9. The lowest BCUT2D eigenvalue weighted by Crippen LogP contribution is -2.14. The number of aromatic nitrogens is 2. The lowest BCUT2D eigenvalue weighted by atomic mass is 10.1. The van der Waals surface area contributed by atoms with Gasteiger partial charge in [-0.15, -0.1) is 0 Å². The molecule has 0 aliphatic heterocycles. The zero-order valence-electron chi connectivity index (χ0n) is 11.5. The van der Waals surface area contributed by atoms with Crippen LogP contribution < -0.4 is 16.0 Å². The molecule has 0 unspecified atom stereocenters. The smallest absolute Gasteiger partial charge is 0.147 e. The van der Waals surface area contributed by atoms with Crippen LogP contribution in [0.2, 0.25) is 0 Å². The van der Waals surface area contributed by atoms with Crippen LogP contribution in [0, 0.1) is 0 Å². The number of nitrogens with one attached hydrogen (secondary N) is 1. The van der Waals surface area contributed by atoms with Crippen LogP contribution in [0.15, 0.2) is 24.3 Å². The molecule has 1 aromatic heterocycles. The van der Waals surface area contributed by atoms with E-state index < -0.39 is 0 Å². The third-order valence-corrected chi connectivity index (χ3v) is 3.61. The molecule has 1 heterocycles. The summed E-state index contributed by atoms with van der Waals surface area (Å²) in [6.07, 6.45) is 3.83. The highest BCUT2D eigenvalue weighted by Crippen LogP contribution is 2.26. The topological polar surface area (TPSA) is 73.1 Å². The van der Waals surface area contributed by atoms with Gasteiger partial charge in [0.25, 0.3) is 0 Å². The van der Waals surface area contributed by atoms with Crippen molar-refractivity contribution in [2.24, 2.45) is 5.84 Å². The summed E-state index contributed by atoms with van der Waals surface area (Å²) in [5, 5.41) is 0. The lowest BCUT2D eigenvalue weighted by Gasteiger charge is -2.09. The highest BCUT2D eigenvalue weighted by Gasteiger charge is 2.18. The molecule has 1 aromatic carbocycles. The lowest BCUT2D eigenvalue weighted by molar-refractivity contribution is 0.414. The van der Waals surface area contributed by atoms with E-state index in [1.54, 1.807) is 7.11 Å². The van der Waals surface area contributed by atoms with Gasteiger partial charge in [-0.2, -0.15) is 0 Å². The van der Waals surface area contributed by atoms with Gasteiger partial charge in [0.15, 0.2) is 0 Å². The SMILES string of the molecule is COc1cccc(Cc2nc3c(c(NN)n2)CCC3)c1. The van der Waals surface area contributed by atoms with Crippen molar-refractivity contribution in [3.8, 4) is 5.75 Å². The van der Waals surface area contributed by atoms with Crippen LogP contribution >= 0.6 is 0 Å². The molecule has 0 spiro atoms. The van der Waals surface area contributed by atoms with E-state index in [1.807, 2.05) is 18.2 Å². The average Bonchev–Trinajstić information content (AvgIpc) is 2.95. The van der Waals surface area contributed by atoms with Gasteiger partial charge in [0, 0.05) is 17.7 Å². The van der Waals surface area contributed by atoms with Crippen molar-refractivity contribution < 1.29 is 4.74 Å². The van der Waals surface area contributed by atoms with Gasteiger partial charge in [0.05, 0.1) is 7.11 Å². The summed E-state index contributed by atoms with van der Waals surface area (Å²) in [6.45, 7) is 0. The van der Waals surface area contributed by atoms with Crippen LogP contribution in [0.25, 0.3) is 0 Å². The summed E-state index contributed by atoms with van der Waals surface area (Å²) in [7, 11) is 1.67. The molecule has 1 aliphatic rings. The van der Waals surface area contributed by atoms with Crippen LogP contribution in [0.1, 0.15) is 29.1 Å². The molecule has 0 saturated heterocycles. The molecule has 20 heavy (non-hydrogen) atoms. The number of hydrazine groups is 1. The van der Waals surface area contributed by atoms with Gasteiger partial charge in [-0.25, -0.2) is 15.8 Å². The average molecular weight is 270 g/mol. The molecule has 3 rings (SSSR count). The maximum Gasteiger partial charge on any atom is 0.147 e. The molecular weight excluding hydrogens is 252 g/mol. The Labute approximate surface area is 118 Å². The molecule has 0 saturated carbocycles. The number of nitrogens with zero attached hydrogens (tertiary/aromatic N) is 2. The maximum absolute atomic E-state index is 5.57. The van der Waals surface area contributed by atoms with E-state index in [4.69, 9.17) is 10.6 Å². The number of benzene rings is 1. The van der Waals surface area contributed by atoms with E-state index in [-0.39, 0.29) is 0 Å². The van der Waals surface area contributed by atoms with Gasteiger partial charge >= 0.3 is 0 Å². The fourth-order valence-corrected chi connectivity index (χ4v) is 2.65. The van der Waals surface area contributed by atoms with Crippen molar-refractivity contribution in [2.75, 3.05) is 12.5 Å². The molecular formula is C15H18N4O. The summed E-state index contributed by atoms with van der Waals surface area (Å²) >= 11 is 0. The van der Waals surface area contributed by atoms with Gasteiger partial charge in [0.1, 0.15) is 17.4 Å². The fourth-order valence-electron chi connectivity index (χ4n) is 2.65. The minimum Gasteiger partial charge on any atom is -0.497 e. The molecule has 3 N–H and O–H groups in total. The number of rotatable bonds is 4. The number of nitrogens with two attached hydrogens (primary N) is 1. The summed E-state index contributed by atoms with van der Waals surface area (Å²) in [6, 6.07) is 7.96. The van der Waals surface area contributed by atoms with Crippen LogP contribution in [0.5, 0.6) is 5.75 Å². The Kier molecular flexibility index (Phi) is 3.52. The van der Waals surface area contributed by atoms with E-state index in [1.165, 1.54) is 5.56 Å². The largest absolute Gasteiger partial charge is 0.497 e. The number of hydrogen-bond acceptors (Lipinski definition) is 5. The number of nitrogen functional groups attached to an aromatic ring is 1. The molecule has 5 nitrogen and oxygen atoms in total. The second kappa shape index (κ2) is 5.46. The first-order chi connectivity index (χ1) is 9.80.